The van der Waals surface area contributed by atoms with E-state index in [-0.39, 0.29) is 17.8 Å². The smallest absolute Gasteiger partial charge is 0.360 e. The van der Waals surface area contributed by atoms with Gasteiger partial charge in [-0.2, -0.15) is 0 Å². The van der Waals surface area contributed by atoms with Crippen molar-refractivity contribution in [3.05, 3.63) is 52.0 Å². The molecule has 2 aromatic rings. The number of benzene rings is 1. The summed E-state index contributed by atoms with van der Waals surface area (Å²) in [5, 5.41) is 13.8. The van der Waals surface area contributed by atoms with Gasteiger partial charge in [0.2, 0.25) is 5.71 Å². The molecule has 2 aliphatic carbocycles. The van der Waals surface area contributed by atoms with Crippen molar-refractivity contribution in [1.82, 2.24) is 14.5 Å². The van der Waals surface area contributed by atoms with E-state index in [4.69, 9.17) is 4.84 Å². The van der Waals surface area contributed by atoms with E-state index in [1.165, 1.54) is 44.9 Å². The maximum absolute atomic E-state index is 14.0. The third-order valence-electron chi connectivity index (χ3n) is 9.24. The van der Waals surface area contributed by atoms with E-state index in [9.17, 15) is 14.7 Å². The molecule has 2 unspecified atom stereocenters. The second kappa shape index (κ2) is 10.9. The number of oxime groups is 1. The van der Waals surface area contributed by atoms with Gasteiger partial charge in [-0.05, 0) is 89.7 Å². The number of aliphatic carboxylic acids is 1. The van der Waals surface area contributed by atoms with Crippen molar-refractivity contribution in [2.75, 3.05) is 0 Å². The monoisotopic (exact) mass is 532 g/mol. The summed E-state index contributed by atoms with van der Waals surface area (Å²) in [4.78, 5) is 38.8. The zero-order chi connectivity index (χ0) is 27.1. The number of hydrogen-bond acceptors (Lipinski definition) is 6. The van der Waals surface area contributed by atoms with Crippen LogP contribution in [0.15, 0.2) is 45.9 Å². The molecule has 8 heteroatoms. The van der Waals surface area contributed by atoms with Crippen LogP contribution in [0.5, 0.6) is 0 Å². The average molecular weight is 533 g/mol. The Labute approximate surface area is 229 Å². The SMILES string of the molecule is CC(C)O/N=C(\C(=O)O)c1nc2ccccc2n(C2C[C@H]3CCC[C@@H](C2)N3C2CC3=C[C@H](CCCC3)C2)c1=O. The number of fused-ring (bicyclic) bond motifs is 4. The molecule has 0 spiro atoms. The topological polar surface area (TPSA) is 97.0 Å². The first-order valence-electron chi connectivity index (χ1n) is 14.8. The van der Waals surface area contributed by atoms with E-state index in [2.05, 4.69) is 21.1 Å². The lowest BCUT2D eigenvalue weighted by Crippen LogP contribution is -2.58. The number of piperidine rings is 2. The Kier molecular flexibility index (Phi) is 7.31. The Balaban J connectivity index is 1.36. The highest BCUT2D eigenvalue weighted by Gasteiger charge is 2.44. The summed E-state index contributed by atoms with van der Waals surface area (Å²) < 4.78 is 1.83. The molecule has 39 heavy (non-hydrogen) atoms. The zero-order valence-electron chi connectivity index (χ0n) is 23.1. The highest BCUT2D eigenvalue weighted by molar-refractivity contribution is 6.41. The number of allylic oxidation sites excluding steroid dienone is 1. The summed E-state index contributed by atoms with van der Waals surface area (Å²) in [7, 11) is 0. The van der Waals surface area contributed by atoms with Crippen LogP contribution in [0.4, 0.5) is 0 Å². The van der Waals surface area contributed by atoms with Gasteiger partial charge in [-0.1, -0.05) is 41.8 Å². The Bertz CT molecular complexity index is 1350. The van der Waals surface area contributed by atoms with Crippen LogP contribution in [0.1, 0.15) is 96.2 Å². The first kappa shape index (κ1) is 26.2. The van der Waals surface area contributed by atoms with E-state index in [1.807, 2.05) is 28.8 Å². The molecule has 3 heterocycles. The van der Waals surface area contributed by atoms with Crippen molar-refractivity contribution >= 4 is 22.7 Å². The van der Waals surface area contributed by atoms with E-state index >= 15 is 0 Å². The number of rotatable bonds is 6. The Morgan fingerprint density at radius 1 is 1.03 bits per heavy atom. The lowest BCUT2D eigenvalue weighted by molar-refractivity contribution is -0.129. The largest absolute Gasteiger partial charge is 0.476 e. The zero-order valence-corrected chi connectivity index (χ0v) is 23.1. The van der Waals surface area contributed by atoms with Crippen molar-refractivity contribution in [3.8, 4) is 0 Å². The average Bonchev–Trinajstić information content (AvgIpc) is 3.07. The molecule has 2 fully saturated rings. The van der Waals surface area contributed by atoms with Gasteiger partial charge in [0.05, 0.1) is 11.0 Å². The molecule has 0 radical (unpaired) electrons. The van der Waals surface area contributed by atoms with Gasteiger partial charge in [0.1, 0.15) is 6.10 Å². The maximum Gasteiger partial charge on any atom is 0.360 e. The molecule has 1 aromatic carbocycles. The molecule has 2 aliphatic heterocycles. The standard InChI is InChI=1S/C31H40N4O4/c1-19(2)39-33-29(31(37)38)28-30(36)35(27-13-6-5-12-26(27)32-28)25-17-22-10-7-11-23(18-25)34(22)24-15-20-8-3-4-9-21(14-20)16-24/h5-6,12-14,19-20,22-25H,3-4,7-11,15-18H2,1-2H3,(H,37,38)/b33-29-/t20-,22-,23+,24?,25?/m0/s1. The number of carbonyl (C=O) groups is 1. The molecule has 208 valence electrons. The molecule has 0 amide bonds. The van der Waals surface area contributed by atoms with Crippen molar-refractivity contribution in [2.45, 2.75) is 115 Å². The Morgan fingerprint density at radius 3 is 2.54 bits per heavy atom. The molecule has 2 saturated heterocycles. The number of hydrogen-bond donors (Lipinski definition) is 1. The maximum atomic E-state index is 14.0. The lowest BCUT2D eigenvalue weighted by atomic mass is 9.76. The number of carboxylic acid groups (broad SMARTS) is 1. The minimum absolute atomic E-state index is 0.0122. The minimum Gasteiger partial charge on any atom is -0.476 e. The number of aromatic nitrogens is 2. The molecule has 4 aliphatic rings. The predicted molar refractivity (Wildman–Crippen MR) is 151 cm³/mol. The van der Waals surface area contributed by atoms with Crippen molar-refractivity contribution < 1.29 is 14.7 Å². The van der Waals surface area contributed by atoms with E-state index < -0.39 is 17.2 Å². The van der Waals surface area contributed by atoms with E-state index in [0.29, 0.717) is 23.6 Å². The normalized spacial score (nSPS) is 29.7. The summed E-state index contributed by atoms with van der Waals surface area (Å²) in [6.07, 6.45) is 15.3. The fraction of sp³-hybridized carbons (Fsp3) is 0.613. The molecule has 0 saturated carbocycles. The lowest BCUT2D eigenvalue weighted by Gasteiger charge is -2.53. The van der Waals surface area contributed by atoms with Crippen molar-refractivity contribution in [3.63, 3.8) is 0 Å². The molecule has 5 atom stereocenters. The highest BCUT2D eigenvalue weighted by atomic mass is 16.6. The van der Waals surface area contributed by atoms with Crippen LogP contribution < -0.4 is 5.56 Å². The number of para-hydroxylation sites is 2. The summed E-state index contributed by atoms with van der Waals surface area (Å²) in [6.45, 7) is 3.53. The van der Waals surface area contributed by atoms with Gasteiger partial charge in [0.15, 0.2) is 5.69 Å². The Morgan fingerprint density at radius 2 is 1.79 bits per heavy atom. The first-order chi connectivity index (χ1) is 18.9. The number of nitrogens with zero attached hydrogens (tertiary/aromatic N) is 4. The molecule has 6 rings (SSSR count). The van der Waals surface area contributed by atoms with Gasteiger partial charge in [0, 0.05) is 24.2 Å². The number of carboxylic acids is 1. The molecular formula is C31H40N4O4. The van der Waals surface area contributed by atoms with Crippen LogP contribution in [-0.4, -0.2) is 55.5 Å². The molecule has 4 bridgehead atoms. The molecular weight excluding hydrogens is 492 g/mol. The van der Waals surface area contributed by atoms with Crippen molar-refractivity contribution in [2.24, 2.45) is 11.1 Å². The van der Waals surface area contributed by atoms with Crippen LogP contribution >= 0.6 is 0 Å². The van der Waals surface area contributed by atoms with Crippen LogP contribution in [0, 0.1) is 5.92 Å². The third kappa shape index (κ3) is 5.15. The van der Waals surface area contributed by atoms with Gasteiger partial charge in [-0.3, -0.25) is 9.69 Å². The van der Waals surface area contributed by atoms with Crippen LogP contribution in [0.3, 0.4) is 0 Å². The second-order valence-corrected chi connectivity index (χ2v) is 12.3. The molecule has 8 nitrogen and oxygen atoms in total. The van der Waals surface area contributed by atoms with Gasteiger partial charge in [0.25, 0.3) is 5.56 Å². The van der Waals surface area contributed by atoms with Crippen LogP contribution in [0.2, 0.25) is 0 Å². The van der Waals surface area contributed by atoms with Gasteiger partial charge >= 0.3 is 5.97 Å². The predicted octanol–water partition coefficient (Wildman–Crippen LogP) is 5.45. The first-order valence-corrected chi connectivity index (χ1v) is 14.8. The molecule has 1 aromatic heterocycles. The highest BCUT2D eigenvalue weighted by Crippen LogP contribution is 2.45. The summed E-state index contributed by atoms with van der Waals surface area (Å²) in [5.74, 6) is -0.599. The second-order valence-electron chi connectivity index (χ2n) is 12.3. The van der Waals surface area contributed by atoms with Crippen LogP contribution in [0.25, 0.3) is 11.0 Å². The van der Waals surface area contributed by atoms with E-state index in [0.717, 1.165) is 37.1 Å². The van der Waals surface area contributed by atoms with Gasteiger partial charge < -0.3 is 14.5 Å². The summed E-state index contributed by atoms with van der Waals surface area (Å²) in [6, 6.07) is 9.01. The van der Waals surface area contributed by atoms with Gasteiger partial charge in [-0.25, -0.2) is 9.78 Å². The fourth-order valence-electron chi connectivity index (χ4n) is 7.79. The summed E-state index contributed by atoms with van der Waals surface area (Å²) >= 11 is 0. The minimum atomic E-state index is -1.32. The summed E-state index contributed by atoms with van der Waals surface area (Å²) in [5.41, 5.74) is 2.03. The van der Waals surface area contributed by atoms with Crippen LogP contribution in [-0.2, 0) is 9.63 Å². The van der Waals surface area contributed by atoms with Crippen molar-refractivity contribution in [1.29, 1.82) is 0 Å². The Hall–Kier alpha value is -3.00. The quantitative estimate of drug-likeness (QED) is 0.302. The fourth-order valence-corrected chi connectivity index (χ4v) is 7.79. The molecule has 1 N–H and O–H groups in total. The van der Waals surface area contributed by atoms with Gasteiger partial charge in [-0.15, -0.1) is 0 Å². The van der Waals surface area contributed by atoms with E-state index in [1.54, 1.807) is 19.4 Å². The third-order valence-corrected chi connectivity index (χ3v) is 9.24.